The quantitative estimate of drug-likeness (QED) is 0.334. The summed E-state index contributed by atoms with van der Waals surface area (Å²) in [5.74, 6) is -0.180. The van der Waals surface area contributed by atoms with Gasteiger partial charge in [-0.2, -0.15) is 4.31 Å². The van der Waals surface area contributed by atoms with E-state index >= 15 is 0 Å². The van der Waals surface area contributed by atoms with Crippen molar-refractivity contribution < 1.29 is 37.3 Å². The highest BCUT2D eigenvalue weighted by Gasteiger charge is 2.32. The van der Waals surface area contributed by atoms with Gasteiger partial charge in [-0.1, -0.05) is 6.92 Å². The lowest BCUT2D eigenvalue weighted by atomic mass is 10.0. The van der Waals surface area contributed by atoms with E-state index in [4.69, 9.17) is 14.2 Å². The van der Waals surface area contributed by atoms with Crippen LogP contribution in [-0.2, 0) is 14.8 Å². The average molecular weight is 683 g/mol. The van der Waals surface area contributed by atoms with E-state index in [0.29, 0.717) is 35.8 Å². The van der Waals surface area contributed by atoms with Crippen molar-refractivity contribution in [2.45, 2.75) is 63.2 Å². The molecule has 1 aliphatic heterocycles. The van der Waals surface area contributed by atoms with Crippen LogP contribution in [0.5, 0.6) is 11.5 Å². The highest BCUT2D eigenvalue weighted by Crippen LogP contribution is 2.29. The van der Waals surface area contributed by atoms with Crippen molar-refractivity contribution in [2.75, 3.05) is 45.8 Å². The maximum Gasteiger partial charge on any atom is 0.258 e. The number of aliphatic hydroxyl groups excluding tert-OH is 1. The van der Waals surface area contributed by atoms with Gasteiger partial charge in [0.2, 0.25) is 10.0 Å². The SMILES string of the molecule is COc1ccc(S(=O)(=O)N(C)C[C@@H]2OCCCC[C@@H](C)Oc3ccc(NC(=O)c4ccncc4)cc3C(=O)N([C@@H](C)CO)C[C@@H]2C)cc1. The molecule has 0 bridgehead atoms. The molecule has 12 nitrogen and oxygen atoms in total. The Morgan fingerprint density at radius 2 is 1.83 bits per heavy atom. The standard InChI is InChI=1S/C35H46N4O8S/c1-24-21-39(25(2)23-40)35(42)31-20-28(37-34(41)27-15-17-36-18-16-27)9-14-32(31)47-26(3)8-6-7-19-46-33(24)22-38(4)48(43,44)30-12-10-29(45-5)11-13-30/h9-18,20,24-26,33,40H,6-8,19,21-23H2,1-5H3,(H,37,41)/t24-,25-,26+,33-/m0/s1. The van der Waals surface area contributed by atoms with Gasteiger partial charge in [0.25, 0.3) is 11.8 Å². The summed E-state index contributed by atoms with van der Waals surface area (Å²) in [6, 6.07) is 13.7. The topological polar surface area (TPSA) is 148 Å². The van der Waals surface area contributed by atoms with Crippen LogP contribution in [0.25, 0.3) is 0 Å². The monoisotopic (exact) mass is 682 g/mol. The normalized spacial score (nSPS) is 20.3. The lowest BCUT2D eigenvalue weighted by molar-refractivity contribution is -0.00834. The van der Waals surface area contributed by atoms with Crippen LogP contribution < -0.4 is 14.8 Å². The number of methoxy groups -OCH3 is 1. The van der Waals surface area contributed by atoms with Gasteiger partial charge in [0.05, 0.1) is 42.4 Å². The summed E-state index contributed by atoms with van der Waals surface area (Å²) in [7, 11) is -0.827. The molecule has 13 heteroatoms. The highest BCUT2D eigenvalue weighted by atomic mass is 32.2. The van der Waals surface area contributed by atoms with Gasteiger partial charge in [-0.15, -0.1) is 0 Å². The van der Waals surface area contributed by atoms with E-state index < -0.39 is 28.1 Å². The van der Waals surface area contributed by atoms with Crippen LogP contribution >= 0.6 is 0 Å². The second-order valence-electron chi connectivity index (χ2n) is 12.2. The lowest BCUT2D eigenvalue weighted by Crippen LogP contribution is -2.48. The van der Waals surface area contributed by atoms with Crippen molar-refractivity contribution in [1.29, 1.82) is 0 Å². The molecule has 48 heavy (non-hydrogen) atoms. The molecule has 260 valence electrons. The minimum atomic E-state index is -3.85. The van der Waals surface area contributed by atoms with Crippen molar-refractivity contribution in [2.24, 2.45) is 5.92 Å². The number of aliphatic hydroxyl groups is 1. The van der Waals surface area contributed by atoms with Crippen LogP contribution in [0, 0.1) is 5.92 Å². The molecule has 2 N–H and O–H groups in total. The first-order chi connectivity index (χ1) is 22.9. The molecule has 2 heterocycles. The van der Waals surface area contributed by atoms with E-state index in [-0.39, 0.29) is 48.1 Å². The minimum Gasteiger partial charge on any atom is -0.497 e. The van der Waals surface area contributed by atoms with Gasteiger partial charge in [0, 0.05) is 56.3 Å². The number of benzene rings is 2. The van der Waals surface area contributed by atoms with E-state index in [0.717, 1.165) is 12.8 Å². The predicted molar refractivity (Wildman–Crippen MR) is 182 cm³/mol. The Morgan fingerprint density at radius 3 is 2.50 bits per heavy atom. The summed E-state index contributed by atoms with van der Waals surface area (Å²) >= 11 is 0. The van der Waals surface area contributed by atoms with Crippen LogP contribution in [0.3, 0.4) is 0 Å². The second kappa shape index (κ2) is 16.9. The van der Waals surface area contributed by atoms with Gasteiger partial charge in [0.15, 0.2) is 0 Å². The molecule has 1 aliphatic rings. The van der Waals surface area contributed by atoms with Crippen LogP contribution in [0.4, 0.5) is 5.69 Å². The van der Waals surface area contributed by atoms with Gasteiger partial charge in [-0.25, -0.2) is 8.42 Å². The number of carbonyl (C=O) groups excluding carboxylic acids is 2. The van der Waals surface area contributed by atoms with Crippen LogP contribution in [0.1, 0.15) is 60.7 Å². The average Bonchev–Trinajstić information content (AvgIpc) is 3.09. The van der Waals surface area contributed by atoms with Crippen LogP contribution in [0.2, 0.25) is 0 Å². The fourth-order valence-corrected chi connectivity index (χ4v) is 6.63. The molecule has 0 fully saturated rings. The number of nitrogens with one attached hydrogen (secondary N) is 1. The number of hydrogen-bond donors (Lipinski definition) is 2. The fraction of sp³-hybridized carbons (Fsp3) is 0.457. The molecule has 4 atom stereocenters. The number of anilines is 1. The third-order valence-electron chi connectivity index (χ3n) is 8.46. The van der Waals surface area contributed by atoms with Gasteiger partial charge in [-0.3, -0.25) is 14.6 Å². The molecule has 2 amide bonds. The maximum atomic E-state index is 14.3. The Hall–Kier alpha value is -4.04. The zero-order valence-electron chi connectivity index (χ0n) is 28.2. The van der Waals surface area contributed by atoms with Crippen molar-refractivity contribution in [3.63, 3.8) is 0 Å². The zero-order chi connectivity index (χ0) is 34.8. The number of aromatic nitrogens is 1. The number of carbonyl (C=O) groups is 2. The number of fused-ring (bicyclic) bond motifs is 1. The van der Waals surface area contributed by atoms with Crippen molar-refractivity contribution in [1.82, 2.24) is 14.2 Å². The largest absolute Gasteiger partial charge is 0.497 e. The Morgan fingerprint density at radius 1 is 1.12 bits per heavy atom. The van der Waals surface area contributed by atoms with E-state index in [9.17, 15) is 23.1 Å². The first-order valence-corrected chi connectivity index (χ1v) is 17.5. The molecule has 0 aliphatic carbocycles. The van der Waals surface area contributed by atoms with Crippen LogP contribution in [-0.4, -0.2) is 98.2 Å². The number of pyridine rings is 1. The van der Waals surface area contributed by atoms with Gasteiger partial charge >= 0.3 is 0 Å². The van der Waals surface area contributed by atoms with Gasteiger partial charge < -0.3 is 29.5 Å². The number of amides is 2. The number of nitrogens with zero attached hydrogens (tertiary/aromatic N) is 3. The summed E-state index contributed by atoms with van der Waals surface area (Å²) in [6.07, 6.45) is 4.47. The summed E-state index contributed by atoms with van der Waals surface area (Å²) in [5, 5.41) is 13.1. The number of rotatable bonds is 9. The molecule has 1 aromatic heterocycles. The Balaban J connectivity index is 1.64. The molecule has 0 saturated heterocycles. The van der Waals surface area contributed by atoms with E-state index in [1.807, 2.05) is 13.8 Å². The smallest absolute Gasteiger partial charge is 0.258 e. The molecule has 3 aromatic rings. The first-order valence-electron chi connectivity index (χ1n) is 16.1. The number of likely N-dealkylation sites (N-methyl/N-ethyl adjacent to an activating group) is 1. The summed E-state index contributed by atoms with van der Waals surface area (Å²) < 4.78 is 46.0. The summed E-state index contributed by atoms with van der Waals surface area (Å²) in [6.45, 7) is 5.87. The molecule has 0 spiro atoms. The second-order valence-corrected chi connectivity index (χ2v) is 14.2. The minimum absolute atomic E-state index is 0.0480. The molecule has 0 radical (unpaired) electrons. The van der Waals surface area contributed by atoms with E-state index in [1.165, 1.54) is 43.0 Å². The van der Waals surface area contributed by atoms with Gasteiger partial charge in [0.1, 0.15) is 11.5 Å². The highest BCUT2D eigenvalue weighted by molar-refractivity contribution is 7.89. The molecule has 0 saturated carbocycles. The summed E-state index contributed by atoms with van der Waals surface area (Å²) in [4.78, 5) is 32.9. The van der Waals surface area contributed by atoms with Crippen molar-refractivity contribution in [3.05, 3.63) is 78.1 Å². The number of hydrogen-bond acceptors (Lipinski definition) is 9. The lowest BCUT2D eigenvalue weighted by Gasteiger charge is -2.35. The van der Waals surface area contributed by atoms with Crippen molar-refractivity contribution >= 4 is 27.5 Å². The zero-order valence-corrected chi connectivity index (χ0v) is 29.0. The first kappa shape index (κ1) is 36.8. The molecule has 0 unspecified atom stereocenters. The Kier molecular flexibility index (Phi) is 12.9. The summed E-state index contributed by atoms with van der Waals surface area (Å²) in [5.41, 5.74) is 1.05. The van der Waals surface area contributed by atoms with Gasteiger partial charge in [-0.05, 0) is 87.7 Å². The van der Waals surface area contributed by atoms with Crippen molar-refractivity contribution in [3.8, 4) is 11.5 Å². The molecular weight excluding hydrogens is 636 g/mol. The number of ether oxygens (including phenoxy) is 3. The van der Waals surface area contributed by atoms with Crippen LogP contribution in [0.15, 0.2) is 71.9 Å². The molecule has 2 aromatic carbocycles. The Bertz CT molecular complexity index is 1620. The van der Waals surface area contributed by atoms with E-state index in [1.54, 1.807) is 54.3 Å². The maximum absolute atomic E-state index is 14.3. The molecular formula is C35H46N4O8S. The third-order valence-corrected chi connectivity index (χ3v) is 10.3. The van der Waals surface area contributed by atoms with E-state index in [2.05, 4.69) is 10.3 Å². The fourth-order valence-electron chi connectivity index (χ4n) is 5.45. The Labute approximate surface area is 283 Å². The molecule has 4 rings (SSSR count). The predicted octanol–water partition coefficient (Wildman–Crippen LogP) is 4.46. The number of sulfonamides is 1. The third kappa shape index (κ3) is 9.31.